The fourth-order valence-corrected chi connectivity index (χ4v) is 7.59. The van der Waals surface area contributed by atoms with Gasteiger partial charge in [-0.2, -0.15) is 0 Å². The number of carbonyl (C=O) groups is 1. The van der Waals surface area contributed by atoms with Gasteiger partial charge in [0.2, 0.25) is 5.91 Å². The number of hydrogen-bond acceptors (Lipinski definition) is 7. The van der Waals surface area contributed by atoms with E-state index in [9.17, 15) is 9.90 Å². The molecule has 4 heterocycles. The Morgan fingerprint density at radius 3 is 2.50 bits per heavy atom. The number of hydrogen-bond donors (Lipinski definition) is 2. The Balaban J connectivity index is 1.26. The van der Waals surface area contributed by atoms with Gasteiger partial charge in [0.25, 0.3) is 0 Å². The van der Waals surface area contributed by atoms with Crippen LogP contribution in [0.2, 0.25) is 0 Å². The van der Waals surface area contributed by atoms with Crippen molar-refractivity contribution in [1.29, 1.82) is 0 Å². The number of aryl methyl sites for hydroxylation is 1. The number of piperidine rings is 1. The molecule has 2 aliphatic heterocycles. The van der Waals surface area contributed by atoms with Crippen molar-refractivity contribution in [2.45, 2.75) is 96.6 Å². The number of nitrogens with one attached hydrogen (secondary N) is 1. The van der Waals surface area contributed by atoms with Gasteiger partial charge >= 0.3 is 0 Å². The number of aliphatic hydroxyl groups is 1. The summed E-state index contributed by atoms with van der Waals surface area (Å²) in [6.07, 6.45) is 6.81. The molecule has 2 fully saturated rings. The van der Waals surface area contributed by atoms with Gasteiger partial charge in [0.05, 0.1) is 23.0 Å². The molecule has 1 amide bonds. The Labute approximate surface area is 271 Å². The third-order valence-corrected chi connectivity index (χ3v) is 10.5. The lowest BCUT2D eigenvalue weighted by Crippen LogP contribution is -2.57. The highest BCUT2D eigenvalue weighted by Gasteiger charge is 2.50. The summed E-state index contributed by atoms with van der Waals surface area (Å²) < 4.78 is 7.33. The molecule has 0 radical (unpaired) electrons. The number of carbonyl (C=O) groups excluding carboxylic acids is 1. The summed E-state index contributed by atoms with van der Waals surface area (Å²) >= 11 is 0. The van der Waals surface area contributed by atoms with Gasteiger partial charge in [-0.15, -0.1) is 0 Å². The summed E-state index contributed by atoms with van der Waals surface area (Å²) in [5, 5.41) is 14.0. The minimum Gasteiger partial charge on any atom is -0.364 e. The average Bonchev–Trinajstić information content (AvgIpc) is 3.55. The van der Waals surface area contributed by atoms with Crippen molar-refractivity contribution in [3.63, 3.8) is 0 Å². The van der Waals surface area contributed by atoms with Crippen LogP contribution in [0.3, 0.4) is 0 Å². The number of amides is 1. The molecule has 1 saturated carbocycles. The van der Waals surface area contributed by atoms with Gasteiger partial charge in [-0.05, 0) is 109 Å². The van der Waals surface area contributed by atoms with Gasteiger partial charge in [-0.25, -0.2) is 9.97 Å². The maximum Gasteiger partial charge on any atom is 0.237 e. The molecule has 1 unspecified atom stereocenters. The predicted octanol–water partition coefficient (Wildman–Crippen LogP) is 7.01. The van der Waals surface area contributed by atoms with Crippen molar-refractivity contribution in [2.24, 2.45) is 0 Å². The van der Waals surface area contributed by atoms with Crippen molar-refractivity contribution < 1.29 is 14.6 Å². The van der Waals surface area contributed by atoms with Gasteiger partial charge in [0, 0.05) is 47.7 Å². The zero-order chi connectivity index (χ0) is 32.3. The normalized spacial score (nSPS) is 21.9. The first-order valence-corrected chi connectivity index (χ1v) is 16.8. The number of fused-ring (bicyclic) bond motifs is 2. The number of anilines is 3. The number of aromatic nitrogens is 3. The first-order valence-electron chi connectivity index (χ1n) is 16.8. The second-order valence-electron chi connectivity index (χ2n) is 14.2. The lowest BCUT2D eigenvalue weighted by molar-refractivity contribution is -0.123. The number of methoxy groups -OCH3 is 1. The summed E-state index contributed by atoms with van der Waals surface area (Å²) in [5.74, 6) is 0.870. The lowest BCUT2D eigenvalue weighted by atomic mass is 9.82. The van der Waals surface area contributed by atoms with Crippen LogP contribution < -0.4 is 10.2 Å². The summed E-state index contributed by atoms with van der Waals surface area (Å²) in [7, 11) is 1.49. The van der Waals surface area contributed by atoms with Crippen molar-refractivity contribution in [3.8, 4) is 11.3 Å². The monoisotopic (exact) mass is 622 g/mol. The largest absolute Gasteiger partial charge is 0.364 e. The van der Waals surface area contributed by atoms with Crippen LogP contribution in [0.25, 0.3) is 22.3 Å². The summed E-state index contributed by atoms with van der Waals surface area (Å²) in [4.78, 5) is 28.6. The van der Waals surface area contributed by atoms with Crippen LogP contribution in [0.1, 0.15) is 88.8 Å². The van der Waals surface area contributed by atoms with Crippen LogP contribution in [0.4, 0.5) is 17.2 Å². The molecule has 0 bridgehead atoms. The SMILES string of the molecule is COC(O)c1cc(Nc2nc(-c3ccc4c(c3)N(C3CC(N5CCCCC5)C3)C(=O)C4(C)C)cc3ncn(C(C)C)c23)ccc1C. The molecule has 1 aliphatic carbocycles. The maximum absolute atomic E-state index is 13.9. The molecule has 2 aromatic heterocycles. The fourth-order valence-electron chi connectivity index (χ4n) is 7.59. The second-order valence-corrected chi connectivity index (χ2v) is 14.2. The van der Waals surface area contributed by atoms with E-state index >= 15 is 0 Å². The molecule has 1 atom stereocenters. The number of aliphatic hydroxyl groups excluding tert-OH is 1. The van der Waals surface area contributed by atoms with Crippen molar-refractivity contribution in [1.82, 2.24) is 19.4 Å². The van der Waals surface area contributed by atoms with Gasteiger partial charge in [-0.3, -0.25) is 4.79 Å². The van der Waals surface area contributed by atoms with Crippen LogP contribution in [0, 0.1) is 6.92 Å². The number of nitrogens with zero attached hydrogens (tertiary/aromatic N) is 5. The lowest BCUT2D eigenvalue weighted by Gasteiger charge is -2.48. The third kappa shape index (κ3) is 5.18. The standard InChI is InChI=1S/C37H46N6O3/c1-22(2)42-21-38-31-20-30(40-34(33(31)42)39-25-12-10-23(3)28(17-25)35(44)46-6)24-11-13-29-32(16-24)43(36(45)37(29,4)5)27-18-26(19-27)41-14-8-7-9-15-41/h10-13,16-17,20-22,26-27,35,44H,7-9,14-15,18-19H2,1-6H3,(H,39,40). The Bertz CT molecular complexity index is 1780. The number of likely N-dealkylation sites (tertiary alicyclic amines) is 1. The number of imidazole rings is 1. The number of ether oxygens (including phenoxy) is 1. The topological polar surface area (TPSA) is 95.8 Å². The van der Waals surface area contributed by atoms with E-state index in [0.29, 0.717) is 17.4 Å². The van der Waals surface area contributed by atoms with E-state index in [1.54, 1.807) is 0 Å². The van der Waals surface area contributed by atoms with E-state index in [4.69, 9.17) is 14.7 Å². The molecule has 9 heteroatoms. The molecule has 7 rings (SSSR count). The van der Waals surface area contributed by atoms with Crippen LogP contribution in [0.15, 0.2) is 48.8 Å². The first-order chi connectivity index (χ1) is 22.1. The van der Waals surface area contributed by atoms with Crippen molar-refractivity contribution in [3.05, 3.63) is 65.5 Å². The summed E-state index contributed by atoms with van der Waals surface area (Å²) in [6, 6.07) is 15.2. The Morgan fingerprint density at radius 1 is 1.02 bits per heavy atom. The molecule has 46 heavy (non-hydrogen) atoms. The molecular formula is C37H46N6O3. The molecule has 2 aromatic carbocycles. The molecule has 9 nitrogen and oxygen atoms in total. The minimum absolute atomic E-state index is 0.181. The Hall–Kier alpha value is -3.79. The molecule has 1 saturated heterocycles. The molecule has 0 spiro atoms. The van der Waals surface area contributed by atoms with Gasteiger partial charge in [0.1, 0.15) is 5.52 Å². The van der Waals surface area contributed by atoms with E-state index in [1.165, 1.54) is 39.5 Å². The Morgan fingerprint density at radius 2 is 1.78 bits per heavy atom. The maximum atomic E-state index is 13.9. The van der Waals surface area contributed by atoms with Crippen LogP contribution in [-0.2, 0) is 14.9 Å². The Kier molecular flexibility index (Phi) is 7.90. The predicted molar refractivity (Wildman–Crippen MR) is 183 cm³/mol. The molecule has 242 valence electrons. The highest BCUT2D eigenvalue weighted by molar-refractivity contribution is 6.08. The van der Waals surface area contributed by atoms with Crippen LogP contribution >= 0.6 is 0 Å². The van der Waals surface area contributed by atoms with Crippen molar-refractivity contribution in [2.75, 3.05) is 30.4 Å². The molecule has 3 aliphatic rings. The van der Waals surface area contributed by atoms with E-state index in [1.807, 2.05) is 37.5 Å². The molecular weight excluding hydrogens is 576 g/mol. The van der Waals surface area contributed by atoms with Crippen LogP contribution in [-0.4, -0.2) is 62.7 Å². The first kappa shape index (κ1) is 30.8. The quantitative estimate of drug-likeness (QED) is 0.204. The van der Waals surface area contributed by atoms with Gasteiger partial charge in [0.15, 0.2) is 12.1 Å². The van der Waals surface area contributed by atoms with E-state index in [0.717, 1.165) is 57.6 Å². The van der Waals surface area contributed by atoms with Gasteiger partial charge in [-0.1, -0.05) is 24.6 Å². The van der Waals surface area contributed by atoms with Crippen molar-refractivity contribution >= 4 is 34.1 Å². The highest BCUT2D eigenvalue weighted by atomic mass is 16.6. The zero-order valence-corrected chi connectivity index (χ0v) is 27.9. The molecule has 4 aromatic rings. The highest BCUT2D eigenvalue weighted by Crippen LogP contribution is 2.48. The number of pyridine rings is 1. The molecule has 2 N–H and O–H groups in total. The zero-order valence-electron chi connectivity index (χ0n) is 27.9. The van der Waals surface area contributed by atoms with Gasteiger partial charge < -0.3 is 29.5 Å². The van der Waals surface area contributed by atoms with E-state index in [-0.39, 0.29) is 18.0 Å². The average molecular weight is 623 g/mol. The van der Waals surface area contributed by atoms with E-state index < -0.39 is 11.7 Å². The summed E-state index contributed by atoms with van der Waals surface area (Å²) in [6.45, 7) is 12.7. The smallest absolute Gasteiger partial charge is 0.237 e. The van der Waals surface area contributed by atoms with E-state index in [2.05, 4.69) is 65.6 Å². The second kappa shape index (κ2) is 11.8. The summed E-state index contributed by atoms with van der Waals surface area (Å²) in [5.41, 5.74) is 7.42. The third-order valence-electron chi connectivity index (χ3n) is 10.5. The number of benzene rings is 2. The minimum atomic E-state index is -1.02. The fraction of sp³-hybridized carbons (Fsp3) is 0.486. The number of rotatable bonds is 8. The van der Waals surface area contributed by atoms with Crippen LogP contribution in [0.5, 0.6) is 0 Å².